The van der Waals surface area contributed by atoms with Gasteiger partial charge in [0.25, 0.3) is 0 Å². The van der Waals surface area contributed by atoms with Gasteiger partial charge in [0, 0.05) is 24.8 Å². The van der Waals surface area contributed by atoms with Gasteiger partial charge >= 0.3 is 0 Å². The molecule has 1 aromatic heterocycles. The molecule has 0 amide bonds. The van der Waals surface area contributed by atoms with Gasteiger partial charge in [-0.05, 0) is 31.6 Å². The number of alkyl halides is 1. The molecule has 0 bridgehead atoms. The molecule has 104 valence electrons. The Labute approximate surface area is 120 Å². The van der Waals surface area contributed by atoms with E-state index in [1.54, 1.807) is 0 Å². The molecule has 0 radical (unpaired) electrons. The van der Waals surface area contributed by atoms with Gasteiger partial charge in [-0.2, -0.15) is 0 Å². The fourth-order valence-corrected chi connectivity index (χ4v) is 3.83. The molecular weight excluding hydrogens is 258 g/mol. The smallest absolute Gasteiger partial charge is 0.136 e. The van der Waals surface area contributed by atoms with Gasteiger partial charge in [0.1, 0.15) is 11.6 Å². The van der Waals surface area contributed by atoms with Crippen molar-refractivity contribution in [2.45, 2.75) is 44.9 Å². The second kappa shape index (κ2) is 5.66. The van der Waals surface area contributed by atoms with Crippen molar-refractivity contribution in [2.75, 3.05) is 18.0 Å². The number of piperidine rings is 1. The highest BCUT2D eigenvalue weighted by molar-refractivity contribution is 6.17. The molecule has 19 heavy (non-hydrogen) atoms. The predicted molar refractivity (Wildman–Crippen MR) is 78.6 cm³/mol. The van der Waals surface area contributed by atoms with Crippen molar-refractivity contribution in [3.8, 4) is 0 Å². The first-order valence-corrected chi connectivity index (χ1v) is 7.95. The van der Waals surface area contributed by atoms with Crippen LogP contribution >= 0.6 is 11.6 Å². The van der Waals surface area contributed by atoms with E-state index in [2.05, 4.69) is 14.9 Å². The summed E-state index contributed by atoms with van der Waals surface area (Å²) in [5.41, 5.74) is 1.07. The van der Waals surface area contributed by atoms with E-state index in [0.29, 0.717) is 5.88 Å². The Kier molecular flexibility index (Phi) is 3.92. The molecule has 2 aliphatic rings. The van der Waals surface area contributed by atoms with Crippen LogP contribution in [-0.2, 0) is 5.88 Å². The third kappa shape index (κ3) is 2.71. The van der Waals surface area contributed by atoms with Crippen molar-refractivity contribution in [1.29, 1.82) is 0 Å². The maximum absolute atomic E-state index is 6.03. The second-order valence-electron chi connectivity index (χ2n) is 5.94. The minimum atomic E-state index is 0.500. The van der Waals surface area contributed by atoms with Gasteiger partial charge < -0.3 is 4.90 Å². The number of rotatable bonds is 2. The molecule has 2 fully saturated rings. The lowest BCUT2D eigenvalue weighted by molar-refractivity contribution is 0.202. The van der Waals surface area contributed by atoms with Crippen LogP contribution in [0.4, 0.5) is 5.82 Å². The molecule has 0 N–H and O–H groups in total. The van der Waals surface area contributed by atoms with Crippen LogP contribution in [0, 0.1) is 18.8 Å². The van der Waals surface area contributed by atoms with E-state index in [1.807, 2.05) is 13.1 Å². The quantitative estimate of drug-likeness (QED) is 0.776. The van der Waals surface area contributed by atoms with Gasteiger partial charge in [-0.25, -0.2) is 9.97 Å². The van der Waals surface area contributed by atoms with E-state index < -0.39 is 0 Å². The second-order valence-corrected chi connectivity index (χ2v) is 6.21. The summed E-state index contributed by atoms with van der Waals surface area (Å²) in [5.74, 6) is 4.23. The van der Waals surface area contributed by atoms with Gasteiger partial charge in [-0.15, -0.1) is 11.6 Å². The zero-order chi connectivity index (χ0) is 13.2. The standard InChI is InChI=1S/C15H22ClN3/c1-11-17-9-14(8-16)15(18-11)19-7-6-12-4-2-3-5-13(12)10-19/h9,12-13H,2-8,10H2,1H3. The van der Waals surface area contributed by atoms with Crippen LogP contribution in [-0.4, -0.2) is 23.1 Å². The molecule has 2 unspecified atom stereocenters. The maximum atomic E-state index is 6.03. The van der Waals surface area contributed by atoms with E-state index >= 15 is 0 Å². The van der Waals surface area contributed by atoms with Gasteiger partial charge in [0.2, 0.25) is 0 Å². The zero-order valence-electron chi connectivity index (χ0n) is 11.6. The van der Waals surface area contributed by atoms with E-state index in [9.17, 15) is 0 Å². The predicted octanol–water partition coefficient (Wildman–Crippen LogP) is 3.54. The first-order valence-electron chi connectivity index (χ1n) is 7.41. The van der Waals surface area contributed by atoms with Crippen LogP contribution in [0.3, 0.4) is 0 Å². The van der Waals surface area contributed by atoms with Crippen molar-refractivity contribution in [1.82, 2.24) is 9.97 Å². The Morgan fingerprint density at radius 1 is 1.26 bits per heavy atom. The number of halogens is 1. The molecule has 2 heterocycles. The first kappa shape index (κ1) is 13.2. The molecule has 0 aromatic carbocycles. The molecule has 4 heteroatoms. The molecule has 2 atom stereocenters. The third-order valence-electron chi connectivity index (χ3n) is 4.70. The van der Waals surface area contributed by atoms with E-state index in [-0.39, 0.29) is 0 Å². The lowest BCUT2D eigenvalue weighted by Crippen LogP contribution is -2.42. The number of fused-ring (bicyclic) bond motifs is 1. The lowest BCUT2D eigenvalue weighted by atomic mass is 9.75. The van der Waals surface area contributed by atoms with Gasteiger partial charge in [-0.1, -0.05) is 19.3 Å². The summed E-state index contributed by atoms with van der Waals surface area (Å²) in [6, 6.07) is 0. The molecule has 1 saturated heterocycles. The highest BCUT2D eigenvalue weighted by atomic mass is 35.5. The summed E-state index contributed by atoms with van der Waals surface area (Å²) in [6.07, 6.45) is 8.86. The van der Waals surface area contributed by atoms with Crippen LogP contribution in [0.1, 0.15) is 43.5 Å². The Bertz CT molecular complexity index is 449. The molecule has 1 aliphatic heterocycles. The number of aryl methyl sites for hydroxylation is 1. The SMILES string of the molecule is Cc1ncc(CCl)c(N2CCC3CCCCC3C2)n1. The number of hydrogen-bond acceptors (Lipinski definition) is 3. The molecule has 3 nitrogen and oxygen atoms in total. The summed E-state index contributed by atoms with van der Waals surface area (Å²) in [6.45, 7) is 4.24. The Morgan fingerprint density at radius 3 is 2.84 bits per heavy atom. The molecular formula is C15H22ClN3. The molecule has 1 aliphatic carbocycles. The van der Waals surface area contributed by atoms with Crippen LogP contribution < -0.4 is 4.90 Å². The van der Waals surface area contributed by atoms with Gasteiger partial charge in [0.05, 0.1) is 5.88 Å². The number of aromatic nitrogens is 2. The van der Waals surface area contributed by atoms with Crippen molar-refractivity contribution in [3.05, 3.63) is 17.6 Å². The summed E-state index contributed by atoms with van der Waals surface area (Å²) >= 11 is 6.03. The summed E-state index contributed by atoms with van der Waals surface area (Å²) in [4.78, 5) is 11.3. The average molecular weight is 280 g/mol. The molecule has 0 spiro atoms. The van der Waals surface area contributed by atoms with Crippen LogP contribution in [0.15, 0.2) is 6.20 Å². The fraction of sp³-hybridized carbons (Fsp3) is 0.733. The number of nitrogens with zero attached hydrogens (tertiary/aromatic N) is 3. The highest BCUT2D eigenvalue weighted by Gasteiger charge is 2.32. The van der Waals surface area contributed by atoms with Gasteiger partial charge in [0.15, 0.2) is 0 Å². The minimum Gasteiger partial charge on any atom is -0.356 e. The summed E-state index contributed by atoms with van der Waals surface area (Å²) in [5, 5.41) is 0. The molecule has 3 rings (SSSR count). The zero-order valence-corrected chi connectivity index (χ0v) is 12.4. The minimum absolute atomic E-state index is 0.500. The van der Waals surface area contributed by atoms with Gasteiger partial charge in [-0.3, -0.25) is 0 Å². The first-order chi connectivity index (χ1) is 9.28. The van der Waals surface area contributed by atoms with E-state index in [4.69, 9.17) is 11.6 Å². The normalized spacial score (nSPS) is 27.2. The molecule has 1 saturated carbocycles. The Balaban J connectivity index is 1.80. The van der Waals surface area contributed by atoms with Crippen LogP contribution in [0.25, 0.3) is 0 Å². The third-order valence-corrected chi connectivity index (χ3v) is 4.98. The van der Waals surface area contributed by atoms with Crippen molar-refractivity contribution < 1.29 is 0 Å². The van der Waals surface area contributed by atoms with Crippen LogP contribution in [0.5, 0.6) is 0 Å². The highest BCUT2D eigenvalue weighted by Crippen LogP contribution is 2.37. The Hall–Kier alpha value is -0.830. The average Bonchev–Trinajstić information content (AvgIpc) is 2.46. The lowest BCUT2D eigenvalue weighted by Gasteiger charge is -2.42. The largest absolute Gasteiger partial charge is 0.356 e. The number of anilines is 1. The monoisotopic (exact) mass is 279 g/mol. The van der Waals surface area contributed by atoms with Crippen molar-refractivity contribution in [2.24, 2.45) is 11.8 Å². The Morgan fingerprint density at radius 2 is 2.05 bits per heavy atom. The van der Waals surface area contributed by atoms with E-state index in [0.717, 1.165) is 42.1 Å². The fourth-order valence-electron chi connectivity index (χ4n) is 3.64. The topological polar surface area (TPSA) is 29.0 Å². The number of hydrogen-bond donors (Lipinski definition) is 0. The summed E-state index contributed by atoms with van der Waals surface area (Å²) < 4.78 is 0. The maximum Gasteiger partial charge on any atom is 0.136 e. The van der Waals surface area contributed by atoms with E-state index in [1.165, 1.54) is 32.1 Å². The van der Waals surface area contributed by atoms with Crippen molar-refractivity contribution >= 4 is 17.4 Å². The van der Waals surface area contributed by atoms with Crippen LogP contribution in [0.2, 0.25) is 0 Å². The molecule has 1 aromatic rings. The van der Waals surface area contributed by atoms with Crippen molar-refractivity contribution in [3.63, 3.8) is 0 Å². The summed E-state index contributed by atoms with van der Waals surface area (Å²) in [7, 11) is 0.